The average Bonchev–Trinajstić information content (AvgIpc) is 2.65. The number of thiazole rings is 1. The summed E-state index contributed by atoms with van der Waals surface area (Å²) < 4.78 is 0. The van der Waals surface area contributed by atoms with Crippen molar-refractivity contribution in [2.45, 2.75) is 19.9 Å². The lowest BCUT2D eigenvalue weighted by atomic mass is 10.3. The highest BCUT2D eigenvalue weighted by Gasteiger charge is 2.09. The lowest BCUT2D eigenvalue weighted by Gasteiger charge is -2.12. The van der Waals surface area contributed by atoms with Gasteiger partial charge < -0.3 is 11.1 Å². The lowest BCUT2D eigenvalue weighted by Crippen LogP contribution is -2.06. The van der Waals surface area contributed by atoms with Crippen molar-refractivity contribution in [1.29, 1.82) is 0 Å². The van der Waals surface area contributed by atoms with Crippen LogP contribution in [0.15, 0.2) is 24.5 Å². The Bertz CT molecular complexity index is 480. The standard InChI is InChI=1S/C11H14N4S/c1-7-6-14-11(16-7)8(2)15-9-3-4-13-10(12)5-9/h3-6,8H,1-2H3,(H3,12,13,15). The maximum absolute atomic E-state index is 5.61. The summed E-state index contributed by atoms with van der Waals surface area (Å²) in [6, 6.07) is 3.89. The Morgan fingerprint density at radius 1 is 1.44 bits per heavy atom. The number of nitrogens with one attached hydrogen (secondary N) is 1. The molecule has 16 heavy (non-hydrogen) atoms. The van der Waals surface area contributed by atoms with Gasteiger partial charge in [-0.2, -0.15) is 0 Å². The van der Waals surface area contributed by atoms with Crippen molar-refractivity contribution < 1.29 is 0 Å². The zero-order chi connectivity index (χ0) is 11.5. The van der Waals surface area contributed by atoms with Gasteiger partial charge in [-0.15, -0.1) is 11.3 Å². The Morgan fingerprint density at radius 3 is 2.88 bits per heavy atom. The molecule has 0 fully saturated rings. The number of nitrogens with two attached hydrogens (primary N) is 1. The van der Waals surface area contributed by atoms with E-state index in [4.69, 9.17) is 5.73 Å². The van der Waals surface area contributed by atoms with Gasteiger partial charge in [0.05, 0.1) is 6.04 Å². The Balaban J connectivity index is 2.10. The Kier molecular flexibility index (Phi) is 3.05. The molecule has 84 valence electrons. The number of nitrogen functional groups attached to an aromatic ring is 1. The SMILES string of the molecule is Cc1cnc(C(C)Nc2ccnc(N)c2)s1. The summed E-state index contributed by atoms with van der Waals surface area (Å²) in [6.45, 7) is 4.13. The van der Waals surface area contributed by atoms with E-state index in [1.54, 1.807) is 17.5 Å². The van der Waals surface area contributed by atoms with Crippen LogP contribution in [-0.2, 0) is 0 Å². The van der Waals surface area contributed by atoms with Gasteiger partial charge >= 0.3 is 0 Å². The summed E-state index contributed by atoms with van der Waals surface area (Å²) in [5.41, 5.74) is 6.58. The van der Waals surface area contributed by atoms with Crippen LogP contribution in [0.3, 0.4) is 0 Å². The molecule has 1 atom stereocenters. The first-order valence-corrected chi connectivity index (χ1v) is 5.87. The third kappa shape index (κ3) is 2.49. The number of nitrogens with zero attached hydrogens (tertiary/aromatic N) is 2. The van der Waals surface area contributed by atoms with Crippen molar-refractivity contribution in [1.82, 2.24) is 9.97 Å². The molecule has 0 amide bonds. The lowest BCUT2D eigenvalue weighted by molar-refractivity contribution is 0.869. The number of pyridine rings is 1. The van der Waals surface area contributed by atoms with E-state index in [2.05, 4.69) is 29.1 Å². The number of hydrogen-bond donors (Lipinski definition) is 2. The highest BCUT2D eigenvalue weighted by molar-refractivity contribution is 7.11. The molecule has 0 aliphatic rings. The van der Waals surface area contributed by atoms with Gasteiger partial charge in [0.25, 0.3) is 0 Å². The van der Waals surface area contributed by atoms with Gasteiger partial charge in [0.1, 0.15) is 10.8 Å². The van der Waals surface area contributed by atoms with Crippen molar-refractivity contribution in [3.63, 3.8) is 0 Å². The molecule has 0 saturated heterocycles. The van der Waals surface area contributed by atoms with E-state index in [-0.39, 0.29) is 6.04 Å². The van der Waals surface area contributed by atoms with Gasteiger partial charge in [-0.05, 0) is 19.9 Å². The number of aryl methyl sites for hydroxylation is 1. The normalized spacial score (nSPS) is 12.4. The minimum atomic E-state index is 0.181. The van der Waals surface area contributed by atoms with Crippen molar-refractivity contribution in [3.8, 4) is 0 Å². The number of hydrogen-bond acceptors (Lipinski definition) is 5. The van der Waals surface area contributed by atoms with Crippen LogP contribution in [-0.4, -0.2) is 9.97 Å². The first-order chi connectivity index (χ1) is 7.65. The number of aromatic nitrogens is 2. The smallest absolute Gasteiger partial charge is 0.125 e. The van der Waals surface area contributed by atoms with Crippen LogP contribution < -0.4 is 11.1 Å². The van der Waals surface area contributed by atoms with E-state index >= 15 is 0 Å². The summed E-state index contributed by atoms with van der Waals surface area (Å²) in [5, 5.41) is 4.42. The largest absolute Gasteiger partial charge is 0.384 e. The van der Waals surface area contributed by atoms with Gasteiger partial charge in [0, 0.05) is 29.0 Å². The molecule has 0 aromatic carbocycles. The maximum Gasteiger partial charge on any atom is 0.125 e. The van der Waals surface area contributed by atoms with Crippen LogP contribution in [0.25, 0.3) is 0 Å². The monoisotopic (exact) mass is 234 g/mol. The molecule has 0 spiro atoms. The van der Waals surface area contributed by atoms with Gasteiger partial charge in [0.2, 0.25) is 0 Å². The first kappa shape index (κ1) is 10.9. The molecule has 4 nitrogen and oxygen atoms in total. The van der Waals surface area contributed by atoms with Crippen molar-refractivity contribution in [3.05, 3.63) is 34.4 Å². The van der Waals surface area contributed by atoms with Crippen molar-refractivity contribution in [2.24, 2.45) is 0 Å². The fourth-order valence-corrected chi connectivity index (χ4v) is 2.20. The summed E-state index contributed by atoms with van der Waals surface area (Å²) in [7, 11) is 0. The van der Waals surface area contributed by atoms with Crippen LogP contribution >= 0.6 is 11.3 Å². The molecule has 0 saturated carbocycles. The molecule has 2 rings (SSSR count). The Hall–Kier alpha value is -1.62. The molecule has 3 N–H and O–H groups in total. The molecule has 0 aliphatic carbocycles. The molecular weight excluding hydrogens is 220 g/mol. The van der Waals surface area contributed by atoms with E-state index in [0.29, 0.717) is 5.82 Å². The van der Waals surface area contributed by atoms with Gasteiger partial charge in [-0.25, -0.2) is 9.97 Å². The summed E-state index contributed by atoms with van der Waals surface area (Å²) in [6.07, 6.45) is 3.58. The van der Waals surface area contributed by atoms with Gasteiger partial charge in [-0.3, -0.25) is 0 Å². The van der Waals surface area contributed by atoms with Crippen LogP contribution in [0.4, 0.5) is 11.5 Å². The van der Waals surface area contributed by atoms with Crippen LogP contribution in [0.2, 0.25) is 0 Å². The van der Waals surface area contributed by atoms with Crippen LogP contribution in [0.5, 0.6) is 0 Å². The summed E-state index contributed by atoms with van der Waals surface area (Å²) in [5.74, 6) is 0.521. The molecule has 2 aromatic rings. The molecule has 0 bridgehead atoms. The van der Waals surface area contributed by atoms with Crippen molar-refractivity contribution in [2.75, 3.05) is 11.1 Å². The molecule has 0 aliphatic heterocycles. The topological polar surface area (TPSA) is 63.8 Å². The second-order valence-corrected chi connectivity index (χ2v) is 4.91. The Labute approximate surface area is 98.6 Å². The second-order valence-electron chi connectivity index (χ2n) is 3.64. The molecule has 5 heteroatoms. The summed E-state index contributed by atoms with van der Waals surface area (Å²) in [4.78, 5) is 9.51. The van der Waals surface area contributed by atoms with Gasteiger partial charge in [0.15, 0.2) is 0 Å². The predicted octanol–water partition coefficient (Wildman–Crippen LogP) is 2.60. The fraction of sp³-hybridized carbons (Fsp3) is 0.273. The highest BCUT2D eigenvalue weighted by atomic mass is 32.1. The van der Waals surface area contributed by atoms with Gasteiger partial charge in [-0.1, -0.05) is 0 Å². The van der Waals surface area contributed by atoms with Crippen molar-refractivity contribution >= 4 is 22.8 Å². The Morgan fingerprint density at radius 2 is 2.25 bits per heavy atom. The van der Waals surface area contributed by atoms with E-state index in [1.165, 1.54) is 4.88 Å². The summed E-state index contributed by atoms with van der Waals surface area (Å²) >= 11 is 1.70. The molecule has 2 aromatic heterocycles. The fourth-order valence-electron chi connectivity index (χ4n) is 1.42. The molecule has 1 unspecified atom stereocenters. The zero-order valence-electron chi connectivity index (χ0n) is 9.27. The third-order valence-electron chi connectivity index (χ3n) is 2.17. The first-order valence-electron chi connectivity index (χ1n) is 5.05. The predicted molar refractivity (Wildman–Crippen MR) is 67.5 cm³/mol. The maximum atomic E-state index is 5.61. The van der Waals surface area contributed by atoms with E-state index in [9.17, 15) is 0 Å². The quantitative estimate of drug-likeness (QED) is 0.856. The van der Waals surface area contributed by atoms with E-state index < -0.39 is 0 Å². The van der Waals surface area contributed by atoms with Crippen LogP contribution in [0.1, 0.15) is 22.9 Å². The zero-order valence-corrected chi connectivity index (χ0v) is 10.1. The number of anilines is 2. The average molecular weight is 234 g/mol. The molecule has 2 heterocycles. The van der Waals surface area contributed by atoms with E-state index in [1.807, 2.05) is 18.3 Å². The molecular formula is C11H14N4S. The number of rotatable bonds is 3. The minimum absolute atomic E-state index is 0.181. The molecule has 0 radical (unpaired) electrons. The highest BCUT2D eigenvalue weighted by Crippen LogP contribution is 2.23. The second kappa shape index (κ2) is 4.49. The third-order valence-corrected chi connectivity index (χ3v) is 3.27. The minimum Gasteiger partial charge on any atom is -0.384 e. The van der Waals surface area contributed by atoms with E-state index in [0.717, 1.165) is 10.7 Å². The van der Waals surface area contributed by atoms with Crippen LogP contribution in [0, 0.1) is 6.92 Å².